The van der Waals surface area contributed by atoms with Gasteiger partial charge in [0.15, 0.2) is 0 Å². The highest BCUT2D eigenvalue weighted by molar-refractivity contribution is 5.75. The van der Waals surface area contributed by atoms with Gasteiger partial charge in [-0.05, 0) is 33.2 Å². The fourth-order valence-electron chi connectivity index (χ4n) is 3.13. The Hall–Kier alpha value is -1.34. The molecule has 0 atom stereocenters. The lowest BCUT2D eigenvalue weighted by molar-refractivity contribution is -0.139. The summed E-state index contributed by atoms with van der Waals surface area (Å²) in [5.41, 5.74) is -0.293. The molecule has 2 fully saturated rings. The van der Waals surface area contributed by atoms with E-state index in [0.29, 0.717) is 19.7 Å². The first-order valence-electron chi connectivity index (χ1n) is 7.96. The molecule has 1 saturated heterocycles. The number of urea groups is 1. The third-order valence-electron chi connectivity index (χ3n) is 4.41. The molecule has 0 aromatic heterocycles. The highest BCUT2D eigenvalue weighted by atomic mass is 16.5. The van der Waals surface area contributed by atoms with Crippen LogP contribution >= 0.6 is 0 Å². The van der Waals surface area contributed by atoms with Gasteiger partial charge in [-0.1, -0.05) is 6.92 Å². The van der Waals surface area contributed by atoms with E-state index in [9.17, 15) is 9.59 Å². The number of rotatable bonds is 5. The van der Waals surface area contributed by atoms with Gasteiger partial charge in [0.05, 0.1) is 25.3 Å². The number of nitrogens with one attached hydrogen (secondary N) is 1. The third kappa shape index (κ3) is 4.33. The van der Waals surface area contributed by atoms with E-state index in [4.69, 9.17) is 9.84 Å². The van der Waals surface area contributed by atoms with E-state index in [1.807, 2.05) is 25.7 Å². The summed E-state index contributed by atoms with van der Waals surface area (Å²) >= 11 is 0. The summed E-state index contributed by atoms with van der Waals surface area (Å²) in [4.78, 5) is 26.8. The molecule has 0 spiro atoms. The molecule has 0 aromatic carbocycles. The van der Waals surface area contributed by atoms with Crippen LogP contribution in [0.1, 0.15) is 33.6 Å². The molecule has 2 amide bonds. The average molecular weight is 313 g/mol. The van der Waals surface area contributed by atoms with Gasteiger partial charge in [-0.15, -0.1) is 0 Å². The number of carboxylic acid groups (broad SMARTS) is 1. The normalized spacial score (nSPS) is 27.4. The molecule has 1 aliphatic carbocycles. The molecular formula is C15H27N3O4. The number of ether oxygens (including phenoxy) is 1. The molecule has 1 aliphatic heterocycles. The van der Waals surface area contributed by atoms with Crippen molar-refractivity contribution in [3.05, 3.63) is 0 Å². The number of amides is 2. The Bertz CT molecular complexity index is 421. The summed E-state index contributed by atoms with van der Waals surface area (Å²) in [5, 5.41) is 11.9. The van der Waals surface area contributed by atoms with Crippen molar-refractivity contribution in [2.24, 2.45) is 0 Å². The second-order valence-electron chi connectivity index (χ2n) is 6.76. The third-order valence-corrected chi connectivity index (χ3v) is 4.41. The molecule has 22 heavy (non-hydrogen) atoms. The number of morpholine rings is 1. The van der Waals surface area contributed by atoms with Crippen LogP contribution in [-0.4, -0.2) is 77.4 Å². The Kier molecular flexibility index (Phi) is 5.28. The summed E-state index contributed by atoms with van der Waals surface area (Å²) in [5.74, 6) is -0.801. The van der Waals surface area contributed by atoms with Crippen LogP contribution in [0.5, 0.6) is 0 Å². The summed E-state index contributed by atoms with van der Waals surface area (Å²) in [7, 11) is 0. The maximum Gasteiger partial charge on any atom is 0.317 e. The Labute approximate surface area is 131 Å². The molecule has 1 saturated carbocycles. The fourth-order valence-corrected chi connectivity index (χ4v) is 3.13. The summed E-state index contributed by atoms with van der Waals surface area (Å²) in [6.45, 7) is 8.49. The van der Waals surface area contributed by atoms with Gasteiger partial charge in [0.25, 0.3) is 0 Å². The van der Waals surface area contributed by atoms with Gasteiger partial charge in [-0.25, -0.2) is 4.79 Å². The van der Waals surface area contributed by atoms with Gasteiger partial charge in [0.1, 0.15) is 0 Å². The standard InChI is InChI=1S/C15H27N3O4/c1-4-17(9-13(19)20)12-7-11(8-12)16-14(21)18-5-6-22-15(2,3)10-18/h11-12H,4-10H2,1-3H3,(H,16,21)(H,19,20). The zero-order valence-electron chi connectivity index (χ0n) is 13.7. The van der Waals surface area contributed by atoms with Crippen LogP contribution < -0.4 is 5.32 Å². The number of aliphatic carboxylic acids is 1. The quantitative estimate of drug-likeness (QED) is 0.782. The van der Waals surface area contributed by atoms with Crippen LogP contribution in [0.15, 0.2) is 0 Å². The van der Waals surface area contributed by atoms with Crippen LogP contribution in [0.3, 0.4) is 0 Å². The minimum Gasteiger partial charge on any atom is -0.480 e. The highest BCUT2D eigenvalue weighted by Crippen LogP contribution is 2.26. The topological polar surface area (TPSA) is 82.1 Å². The predicted molar refractivity (Wildman–Crippen MR) is 81.8 cm³/mol. The number of hydrogen-bond donors (Lipinski definition) is 2. The molecule has 7 heteroatoms. The van der Waals surface area contributed by atoms with Crippen molar-refractivity contribution in [1.82, 2.24) is 15.1 Å². The Morgan fingerprint density at radius 2 is 2.09 bits per heavy atom. The number of carbonyl (C=O) groups excluding carboxylic acids is 1. The molecular weight excluding hydrogens is 286 g/mol. The summed E-state index contributed by atoms with van der Waals surface area (Å²) in [6.07, 6.45) is 1.64. The summed E-state index contributed by atoms with van der Waals surface area (Å²) in [6, 6.07) is 0.361. The lowest BCUT2D eigenvalue weighted by Crippen LogP contribution is -2.59. The van der Waals surface area contributed by atoms with Crippen molar-refractivity contribution >= 4 is 12.0 Å². The molecule has 0 aromatic rings. The molecule has 7 nitrogen and oxygen atoms in total. The monoisotopic (exact) mass is 313 g/mol. The van der Waals surface area contributed by atoms with Crippen LogP contribution in [0, 0.1) is 0 Å². The first-order valence-corrected chi connectivity index (χ1v) is 7.96. The molecule has 1 heterocycles. The van der Waals surface area contributed by atoms with Gasteiger partial charge in [0.2, 0.25) is 0 Å². The fraction of sp³-hybridized carbons (Fsp3) is 0.867. The molecule has 0 unspecified atom stereocenters. The first-order chi connectivity index (χ1) is 10.3. The summed E-state index contributed by atoms with van der Waals surface area (Å²) < 4.78 is 5.61. The smallest absolute Gasteiger partial charge is 0.317 e. The number of carboxylic acids is 1. The van der Waals surface area contributed by atoms with Crippen molar-refractivity contribution in [2.45, 2.75) is 51.3 Å². The van der Waals surface area contributed by atoms with Crippen molar-refractivity contribution < 1.29 is 19.4 Å². The molecule has 126 valence electrons. The Morgan fingerprint density at radius 1 is 1.41 bits per heavy atom. The van der Waals surface area contributed by atoms with E-state index >= 15 is 0 Å². The average Bonchev–Trinajstić information content (AvgIpc) is 2.38. The van der Waals surface area contributed by atoms with Crippen molar-refractivity contribution in [1.29, 1.82) is 0 Å². The lowest BCUT2D eigenvalue weighted by atomic mass is 9.85. The van der Waals surface area contributed by atoms with Crippen molar-refractivity contribution in [2.75, 3.05) is 32.8 Å². The van der Waals surface area contributed by atoms with E-state index < -0.39 is 5.97 Å². The van der Waals surface area contributed by atoms with E-state index in [2.05, 4.69) is 5.32 Å². The SMILES string of the molecule is CCN(CC(=O)O)C1CC(NC(=O)N2CCOC(C)(C)C2)C1. The Morgan fingerprint density at radius 3 is 2.64 bits per heavy atom. The molecule has 0 radical (unpaired) electrons. The predicted octanol–water partition coefficient (Wildman–Crippen LogP) is 0.744. The van der Waals surface area contributed by atoms with Gasteiger partial charge >= 0.3 is 12.0 Å². The zero-order valence-corrected chi connectivity index (χ0v) is 13.7. The van der Waals surface area contributed by atoms with Gasteiger partial charge in [0, 0.05) is 18.6 Å². The number of hydrogen-bond acceptors (Lipinski definition) is 4. The number of nitrogens with zero attached hydrogens (tertiary/aromatic N) is 2. The maximum absolute atomic E-state index is 12.3. The van der Waals surface area contributed by atoms with E-state index in [1.165, 1.54) is 0 Å². The van der Waals surface area contributed by atoms with Crippen LogP contribution in [0.25, 0.3) is 0 Å². The lowest BCUT2D eigenvalue weighted by Gasteiger charge is -2.44. The molecule has 2 rings (SSSR count). The van der Waals surface area contributed by atoms with E-state index in [0.717, 1.165) is 19.4 Å². The maximum atomic E-state index is 12.3. The van der Waals surface area contributed by atoms with Gasteiger partial charge in [-0.3, -0.25) is 9.69 Å². The minimum absolute atomic E-state index is 0.0406. The van der Waals surface area contributed by atoms with E-state index in [1.54, 1.807) is 4.90 Å². The number of likely N-dealkylation sites (N-methyl/N-ethyl adjacent to an activating group) is 1. The second kappa shape index (κ2) is 6.83. The zero-order chi connectivity index (χ0) is 16.3. The van der Waals surface area contributed by atoms with Gasteiger partial charge < -0.3 is 20.1 Å². The van der Waals surface area contributed by atoms with Crippen molar-refractivity contribution in [3.63, 3.8) is 0 Å². The first kappa shape index (κ1) is 17.0. The Balaban J connectivity index is 1.75. The van der Waals surface area contributed by atoms with Crippen LogP contribution in [0.2, 0.25) is 0 Å². The second-order valence-corrected chi connectivity index (χ2v) is 6.76. The molecule has 2 aliphatic rings. The van der Waals surface area contributed by atoms with Crippen LogP contribution in [-0.2, 0) is 9.53 Å². The largest absolute Gasteiger partial charge is 0.480 e. The van der Waals surface area contributed by atoms with Crippen molar-refractivity contribution in [3.8, 4) is 0 Å². The van der Waals surface area contributed by atoms with Crippen LogP contribution in [0.4, 0.5) is 4.79 Å². The van der Waals surface area contributed by atoms with E-state index in [-0.39, 0.29) is 30.3 Å². The molecule has 0 bridgehead atoms. The minimum atomic E-state index is -0.801. The number of carbonyl (C=O) groups is 2. The highest BCUT2D eigenvalue weighted by Gasteiger charge is 2.36. The van der Waals surface area contributed by atoms with Gasteiger partial charge in [-0.2, -0.15) is 0 Å². The molecule has 2 N–H and O–H groups in total.